The Bertz CT molecular complexity index is 1340. The van der Waals surface area contributed by atoms with Crippen molar-refractivity contribution in [3.8, 4) is 11.5 Å². The predicted molar refractivity (Wildman–Crippen MR) is 130 cm³/mol. The minimum atomic E-state index is -5.25. The van der Waals surface area contributed by atoms with E-state index in [0.29, 0.717) is 17.9 Å². The van der Waals surface area contributed by atoms with E-state index in [9.17, 15) is 8.78 Å². The molecule has 0 fully saturated rings. The number of allylic oxidation sites excluding steroid dienone is 5. The number of hydrogen-bond donors (Lipinski definition) is 0. The summed E-state index contributed by atoms with van der Waals surface area (Å²) >= 11 is -5.25. The molecule has 0 N–H and O–H groups in total. The molecule has 3 aromatic rings. The molecule has 0 radical (unpaired) electrons. The Balaban J connectivity index is 1.84. The first-order valence-corrected chi connectivity index (χ1v) is 17.3. The van der Waals surface area contributed by atoms with E-state index in [2.05, 4.69) is 50.3 Å². The number of benzene rings is 3. The normalized spacial score (nSPS) is 16.9. The zero-order chi connectivity index (χ0) is 23.8. The predicted octanol–water partition coefficient (Wildman–Crippen LogP) is 7.77. The van der Waals surface area contributed by atoms with Crippen molar-refractivity contribution in [3.05, 3.63) is 123 Å². The van der Waals surface area contributed by atoms with Gasteiger partial charge in [0.25, 0.3) is 0 Å². The zero-order valence-corrected chi connectivity index (χ0v) is 21.6. The SMILES string of the molecule is C[C](C)=[Zr]([O]c1ccc(F)cc1)([O]c1ccc(F)cc1)([C]1=CC=CC1)[CH]1C=Cc2ccccc21. The summed E-state index contributed by atoms with van der Waals surface area (Å²) < 4.78 is 44.0. The van der Waals surface area contributed by atoms with Gasteiger partial charge in [0.05, 0.1) is 0 Å². The summed E-state index contributed by atoms with van der Waals surface area (Å²) in [6.07, 6.45) is 11.3. The molecule has 2 aliphatic rings. The van der Waals surface area contributed by atoms with Crippen molar-refractivity contribution < 1.29 is 33.6 Å². The van der Waals surface area contributed by atoms with Crippen LogP contribution in [0.1, 0.15) is 35.0 Å². The monoisotopic (exact) mass is 534 g/mol. The van der Waals surface area contributed by atoms with E-state index in [1.165, 1.54) is 24.3 Å². The van der Waals surface area contributed by atoms with Crippen LogP contribution >= 0.6 is 0 Å². The third-order valence-electron chi connectivity index (χ3n) is 6.96. The maximum atomic E-state index is 13.8. The minimum absolute atomic E-state index is 0.149. The zero-order valence-electron chi connectivity index (χ0n) is 19.2. The molecule has 172 valence electrons. The van der Waals surface area contributed by atoms with Gasteiger partial charge in [-0.2, -0.15) is 0 Å². The summed E-state index contributed by atoms with van der Waals surface area (Å²) in [6, 6.07) is 20.5. The third kappa shape index (κ3) is 3.58. The van der Waals surface area contributed by atoms with Gasteiger partial charge >= 0.3 is 201 Å². The maximum absolute atomic E-state index is 13.8. The Hall–Kier alpha value is -2.91. The van der Waals surface area contributed by atoms with Gasteiger partial charge in [0, 0.05) is 0 Å². The fourth-order valence-corrected chi connectivity index (χ4v) is 20.1. The van der Waals surface area contributed by atoms with Gasteiger partial charge in [0.2, 0.25) is 0 Å². The fraction of sp³-hybridized carbons (Fsp3) is 0.138. The van der Waals surface area contributed by atoms with Gasteiger partial charge in [-0.25, -0.2) is 0 Å². The van der Waals surface area contributed by atoms with Crippen molar-refractivity contribution in [2.24, 2.45) is 0 Å². The molecule has 0 spiro atoms. The fourth-order valence-electron chi connectivity index (χ4n) is 5.29. The van der Waals surface area contributed by atoms with Gasteiger partial charge in [-0.15, -0.1) is 0 Å². The van der Waals surface area contributed by atoms with Crippen LogP contribution in [0.2, 0.25) is 0 Å². The average Bonchev–Trinajstić information content (AvgIpc) is 3.53. The molecule has 1 atom stereocenters. The van der Waals surface area contributed by atoms with E-state index >= 15 is 0 Å². The quantitative estimate of drug-likeness (QED) is 0.321. The Morgan fingerprint density at radius 3 is 1.94 bits per heavy atom. The van der Waals surface area contributed by atoms with Crippen molar-refractivity contribution in [1.82, 2.24) is 0 Å². The van der Waals surface area contributed by atoms with E-state index in [1.54, 1.807) is 24.3 Å². The molecule has 0 aromatic heterocycles. The number of hydrogen-bond acceptors (Lipinski definition) is 2. The van der Waals surface area contributed by atoms with Crippen LogP contribution < -0.4 is 5.63 Å². The molecular formula is C29H26F2O2Zr. The van der Waals surface area contributed by atoms with Crippen molar-refractivity contribution in [2.45, 2.75) is 23.9 Å². The molecule has 34 heavy (non-hydrogen) atoms. The van der Waals surface area contributed by atoms with Crippen LogP contribution in [0.25, 0.3) is 6.08 Å². The van der Waals surface area contributed by atoms with Crippen LogP contribution in [0.3, 0.4) is 0 Å². The molecular weight excluding hydrogens is 510 g/mol. The third-order valence-corrected chi connectivity index (χ3v) is 22.7. The van der Waals surface area contributed by atoms with E-state index in [4.69, 9.17) is 5.63 Å². The Kier molecular flexibility index (Phi) is 5.85. The molecule has 0 aliphatic heterocycles. The van der Waals surface area contributed by atoms with Gasteiger partial charge < -0.3 is 0 Å². The second-order valence-corrected chi connectivity index (χ2v) is 21.2. The summed E-state index contributed by atoms with van der Waals surface area (Å²) in [4.78, 5) is 0. The molecule has 0 saturated heterocycles. The molecule has 3 aromatic carbocycles. The first kappa shape index (κ1) is 22.9. The van der Waals surface area contributed by atoms with Crippen LogP contribution in [0, 0.1) is 11.6 Å². The topological polar surface area (TPSA) is 18.5 Å². The van der Waals surface area contributed by atoms with E-state index in [0.717, 1.165) is 17.6 Å². The van der Waals surface area contributed by atoms with E-state index in [1.807, 2.05) is 18.2 Å². The molecule has 0 amide bonds. The van der Waals surface area contributed by atoms with Gasteiger partial charge in [-0.1, -0.05) is 0 Å². The number of rotatable bonds is 6. The molecule has 0 heterocycles. The van der Waals surface area contributed by atoms with Crippen molar-refractivity contribution in [1.29, 1.82) is 0 Å². The molecule has 0 saturated carbocycles. The molecule has 5 heteroatoms. The van der Waals surface area contributed by atoms with Gasteiger partial charge in [0.15, 0.2) is 0 Å². The first-order valence-electron chi connectivity index (χ1n) is 11.4. The Morgan fingerprint density at radius 2 is 1.41 bits per heavy atom. The van der Waals surface area contributed by atoms with E-state index < -0.39 is 19.2 Å². The van der Waals surface area contributed by atoms with Gasteiger partial charge in [-0.05, 0) is 0 Å². The molecule has 5 rings (SSSR count). The van der Waals surface area contributed by atoms with Gasteiger partial charge in [0.1, 0.15) is 0 Å². The van der Waals surface area contributed by atoms with Gasteiger partial charge in [-0.3, -0.25) is 0 Å². The summed E-state index contributed by atoms with van der Waals surface area (Å²) in [5.41, 5.74) is 2.28. The first-order chi connectivity index (χ1) is 16.4. The second-order valence-electron chi connectivity index (χ2n) is 9.04. The van der Waals surface area contributed by atoms with Crippen LogP contribution in [0.4, 0.5) is 8.78 Å². The average molecular weight is 536 g/mol. The van der Waals surface area contributed by atoms with Crippen LogP contribution in [-0.2, 0) is 19.2 Å². The summed E-state index contributed by atoms with van der Waals surface area (Å²) in [6.45, 7) is 4.15. The van der Waals surface area contributed by atoms with Crippen LogP contribution in [-0.4, -0.2) is 3.21 Å². The number of fused-ring (bicyclic) bond motifs is 1. The Morgan fingerprint density at radius 1 is 0.824 bits per heavy atom. The van der Waals surface area contributed by atoms with E-state index in [-0.39, 0.29) is 15.3 Å². The Labute approximate surface area is 200 Å². The molecule has 1 unspecified atom stereocenters. The summed E-state index contributed by atoms with van der Waals surface area (Å²) in [5.74, 6) is 0.459. The molecule has 2 nitrogen and oxygen atoms in total. The van der Waals surface area contributed by atoms with Crippen molar-refractivity contribution in [3.63, 3.8) is 0 Å². The second kappa shape index (κ2) is 8.70. The van der Waals surface area contributed by atoms with Crippen LogP contribution in [0.5, 0.6) is 11.5 Å². The standard InChI is InChI=1S/C9H7.2C6H5FO.C5H5.C3H6.Zr/c1-2-5-9-7-3-6-8(9)4-1;2*7-5-1-3-6(8)4-2-5;1-2-4-5-3-1;1-3-2;/h1-7H;2*1-4,8H;1-3H,4H2;1-2H3;/q;;;;;+2/p-2. The molecule has 2 aliphatic carbocycles. The van der Waals surface area contributed by atoms with Crippen molar-refractivity contribution in [2.75, 3.05) is 0 Å². The van der Waals surface area contributed by atoms with Crippen molar-refractivity contribution >= 4 is 9.28 Å². The molecule has 0 bridgehead atoms. The summed E-state index contributed by atoms with van der Waals surface area (Å²) in [7, 11) is 0. The van der Waals surface area contributed by atoms with Crippen LogP contribution in [0.15, 0.2) is 100 Å². The number of halogens is 2. The summed E-state index contributed by atoms with van der Waals surface area (Å²) in [5, 5.41) is 0.